The molecule has 1 amide bonds. The number of fused-ring (bicyclic) bond motifs is 1. The minimum atomic E-state index is -0.172. The fourth-order valence-corrected chi connectivity index (χ4v) is 2.78. The highest BCUT2D eigenvalue weighted by Gasteiger charge is 2.15. The highest BCUT2D eigenvalue weighted by molar-refractivity contribution is 6.04. The van der Waals surface area contributed by atoms with E-state index >= 15 is 0 Å². The molecule has 122 valence electrons. The molecule has 2 heterocycles. The average molecular weight is 329 g/mol. The van der Waals surface area contributed by atoms with Crippen molar-refractivity contribution in [2.45, 2.75) is 6.54 Å². The van der Waals surface area contributed by atoms with E-state index < -0.39 is 0 Å². The van der Waals surface area contributed by atoms with Crippen molar-refractivity contribution in [3.63, 3.8) is 0 Å². The number of nitrogens with one attached hydrogen (secondary N) is 1. The fourth-order valence-electron chi connectivity index (χ4n) is 2.78. The van der Waals surface area contributed by atoms with Crippen LogP contribution in [-0.2, 0) is 6.54 Å². The number of nitrogens with zero attached hydrogens (tertiary/aromatic N) is 2. The number of carbonyl (C=O) groups excluding carboxylic acids is 1. The summed E-state index contributed by atoms with van der Waals surface area (Å²) in [7, 11) is 0. The van der Waals surface area contributed by atoms with Crippen molar-refractivity contribution in [1.82, 2.24) is 15.3 Å². The van der Waals surface area contributed by atoms with Gasteiger partial charge in [-0.05, 0) is 24.3 Å². The van der Waals surface area contributed by atoms with Crippen molar-refractivity contribution in [3.8, 4) is 11.3 Å². The number of aromatic nitrogens is 2. The van der Waals surface area contributed by atoms with Crippen LogP contribution in [0.1, 0.15) is 16.1 Å². The van der Waals surface area contributed by atoms with Crippen LogP contribution in [0.2, 0.25) is 0 Å². The normalized spacial score (nSPS) is 10.7. The van der Waals surface area contributed by atoms with E-state index in [0.29, 0.717) is 17.9 Å². The Morgan fingerprint density at radius 3 is 2.68 bits per heavy atom. The first-order chi connectivity index (χ1) is 12.3. The average Bonchev–Trinajstić information content (AvgIpc) is 3.19. The van der Waals surface area contributed by atoms with Crippen LogP contribution in [0.15, 0.2) is 77.7 Å². The maximum atomic E-state index is 12.7. The molecule has 0 saturated heterocycles. The first-order valence-corrected chi connectivity index (χ1v) is 7.92. The Kier molecular flexibility index (Phi) is 3.96. The second-order valence-electron chi connectivity index (χ2n) is 5.55. The van der Waals surface area contributed by atoms with Gasteiger partial charge in [-0.25, -0.2) is 9.97 Å². The first kappa shape index (κ1) is 15.1. The zero-order chi connectivity index (χ0) is 17.1. The summed E-state index contributed by atoms with van der Waals surface area (Å²) in [5.74, 6) is 0.535. The first-order valence-electron chi connectivity index (χ1n) is 7.92. The Morgan fingerprint density at radius 1 is 0.960 bits per heavy atom. The highest BCUT2D eigenvalue weighted by Crippen LogP contribution is 2.28. The van der Waals surface area contributed by atoms with Crippen LogP contribution in [0.5, 0.6) is 0 Å². The zero-order valence-corrected chi connectivity index (χ0v) is 13.3. The summed E-state index contributed by atoms with van der Waals surface area (Å²) in [5, 5.41) is 3.80. The summed E-state index contributed by atoms with van der Waals surface area (Å²) in [6, 6.07) is 18.8. The Morgan fingerprint density at radius 2 is 1.80 bits per heavy atom. The summed E-state index contributed by atoms with van der Waals surface area (Å²) in [6.45, 7) is 0.338. The lowest BCUT2D eigenvalue weighted by Crippen LogP contribution is -2.23. The molecule has 5 heteroatoms. The lowest BCUT2D eigenvalue weighted by Gasteiger charge is -2.11. The van der Waals surface area contributed by atoms with Gasteiger partial charge in [-0.1, -0.05) is 36.4 Å². The van der Waals surface area contributed by atoms with Gasteiger partial charge in [0.25, 0.3) is 5.91 Å². The molecule has 0 bridgehead atoms. The molecule has 4 aromatic rings. The third kappa shape index (κ3) is 2.99. The SMILES string of the molecule is O=C(NCc1ccco1)c1ccccc1-c1ncnc2ccccc12. The smallest absolute Gasteiger partial charge is 0.252 e. The summed E-state index contributed by atoms with van der Waals surface area (Å²) in [6.07, 6.45) is 3.11. The summed E-state index contributed by atoms with van der Waals surface area (Å²) in [5.41, 5.74) is 2.93. The largest absolute Gasteiger partial charge is 0.467 e. The minimum absolute atomic E-state index is 0.172. The second-order valence-corrected chi connectivity index (χ2v) is 5.55. The zero-order valence-electron chi connectivity index (χ0n) is 13.3. The number of rotatable bonds is 4. The van der Waals surface area contributed by atoms with Crippen molar-refractivity contribution < 1.29 is 9.21 Å². The predicted octanol–water partition coefficient (Wildman–Crippen LogP) is 3.82. The molecule has 0 radical (unpaired) electrons. The number of benzene rings is 2. The molecule has 5 nitrogen and oxygen atoms in total. The molecule has 0 aliphatic carbocycles. The van der Waals surface area contributed by atoms with Gasteiger partial charge in [0.05, 0.1) is 24.0 Å². The fraction of sp³-hybridized carbons (Fsp3) is 0.0500. The second kappa shape index (κ2) is 6.57. The van der Waals surface area contributed by atoms with Gasteiger partial charge in [0.2, 0.25) is 0 Å². The van der Waals surface area contributed by atoms with E-state index in [-0.39, 0.29) is 5.91 Å². The Labute approximate surface area is 144 Å². The number of para-hydroxylation sites is 1. The van der Waals surface area contributed by atoms with E-state index in [4.69, 9.17) is 4.42 Å². The molecule has 4 rings (SSSR count). The topological polar surface area (TPSA) is 68.0 Å². The third-order valence-corrected chi connectivity index (χ3v) is 3.97. The third-order valence-electron chi connectivity index (χ3n) is 3.97. The molecule has 25 heavy (non-hydrogen) atoms. The lowest BCUT2D eigenvalue weighted by atomic mass is 10.0. The van der Waals surface area contributed by atoms with Crippen molar-refractivity contribution in [3.05, 3.63) is 84.6 Å². The van der Waals surface area contributed by atoms with Crippen LogP contribution in [0.4, 0.5) is 0 Å². The lowest BCUT2D eigenvalue weighted by molar-refractivity contribution is 0.0948. The molecule has 2 aromatic carbocycles. The number of amides is 1. The van der Waals surface area contributed by atoms with Crippen LogP contribution in [0.3, 0.4) is 0 Å². The Bertz CT molecular complexity index is 1020. The van der Waals surface area contributed by atoms with Gasteiger partial charge < -0.3 is 9.73 Å². The van der Waals surface area contributed by atoms with Gasteiger partial charge in [0.15, 0.2) is 0 Å². The maximum Gasteiger partial charge on any atom is 0.252 e. The van der Waals surface area contributed by atoms with Gasteiger partial charge in [0.1, 0.15) is 12.1 Å². The minimum Gasteiger partial charge on any atom is -0.467 e. The molecule has 0 spiro atoms. The molecule has 0 atom stereocenters. The van der Waals surface area contributed by atoms with E-state index in [9.17, 15) is 4.79 Å². The van der Waals surface area contributed by atoms with Crippen LogP contribution in [-0.4, -0.2) is 15.9 Å². The van der Waals surface area contributed by atoms with Crippen LogP contribution >= 0.6 is 0 Å². The molecule has 0 aliphatic rings. The van der Waals surface area contributed by atoms with Crippen LogP contribution in [0, 0.1) is 0 Å². The van der Waals surface area contributed by atoms with E-state index in [2.05, 4.69) is 15.3 Å². The molecule has 0 unspecified atom stereocenters. The van der Waals surface area contributed by atoms with Crippen molar-refractivity contribution >= 4 is 16.8 Å². The quantitative estimate of drug-likeness (QED) is 0.618. The van der Waals surface area contributed by atoms with Crippen LogP contribution in [0.25, 0.3) is 22.2 Å². The summed E-state index contributed by atoms with van der Waals surface area (Å²) in [4.78, 5) is 21.4. The molecule has 1 N–H and O–H groups in total. The molecular weight excluding hydrogens is 314 g/mol. The summed E-state index contributed by atoms with van der Waals surface area (Å²) < 4.78 is 5.26. The van der Waals surface area contributed by atoms with Gasteiger partial charge in [0, 0.05) is 16.5 Å². The maximum absolute atomic E-state index is 12.7. The van der Waals surface area contributed by atoms with Gasteiger partial charge in [-0.2, -0.15) is 0 Å². The molecule has 0 fully saturated rings. The molecular formula is C20H15N3O2. The molecule has 0 saturated carbocycles. The van der Waals surface area contributed by atoms with Gasteiger partial charge in [-0.3, -0.25) is 4.79 Å². The standard InChI is InChI=1S/C20H15N3O2/c24-20(21-12-14-6-5-11-25-14)16-8-2-1-7-15(16)19-17-9-3-4-10-18(17)22-13-23-19/h1-11,13H,12H2,(H,21,24). The van der Waals surface area contributed by atoms with Crippen molar-refractivity contribution in [2.75, 3.05) is 0 Å². The Hall–Kier alpha value is -3.47. The molecule has 0 aliphatic heterocycles. The van der Waals surface area contributed by atoms with E-state index in [1.165, 1.54) is 6.33 Å². The van der Waals surface area contributed by atoms with Gasteiger partial charge >= 0.3 is 0 Å². The van der Waals surface area contributed by atoms with Crippen molar-refractivity contribution in [2.24, 2.45) is 0 Å². The Balaban J connectivity index is 1.72. The highest BCUT2D eigenvalue weighted by atomic mass is 16.3. The van der Waals surface area contributed by atoms with Crippen molar-refractivity contribution in [1.29, 1.82) is 0 Å². The van der Waals surface area contributed by atoms with Gasteiger partial charge in [-0.15, -0.1) is 0 Å². The number of hydrogen-bond donors (Lipinski definition) is 1. The monoisotopic (exact) mass is 329 g/mol. The van der Waals surface area contributed by atoms with E-state index in [0.717, 1.165) is 22.2 Å². The van der Waals surface area contributed by atoms with E-state index in [1.54, 1.807) is 18.4 Å². The predicted molar refractivity (Wildman–Crippen MR) is 94.9 cm³/mol. The molecule has 2 aromatic heterocycles. The number of carbonyl (C=O) groups is 1. The summed E-state index contributed by atoms with van der Waals surface area (Å²) >= 11 is 0. The number of furan rings is 1. The van der Waals surface area contributed by atoms with Crippen LogP contribution < -0.4 is 5.32 Å². The van der Waals surface area contributed by atoms with E-state index in [1.807, 2.05) is 48.5 Å². The number of hydrogen-bond acceptors (Lipinski definition) is 4.